The predicted molar refractivity (Wildman–Crippen MR) is 235 cm³/mol. The molecular formula is C52H36OS. The summed E-state index contributed by atoms with van der Waals surface area (Å²) in [5.41, 5.74) is 7.74. The van der Waals surface area contributed by atoms with Crippen molar-refractivity contribution in [1.29, 1.82) is 0 Å². The maximum Gasteiger partial charge on any atom is 0.193 e. The standard InChI is InChI=1S/C52H34O.H2S/c1-52(2)49-25-21-33(31-19-23-43-39-15-5-3-11-35(39)37-13-7-9-17-41(37)45(43)27-31)29-47(49)51(53)48-30-34(22-26-50(48)52)32-20-24-44-40-16-6-4-12-36(40)38-14-8-10-18-42(38)46(44)28-32;/h3-30H,1-2H3;1H2. The van der Waals surface area contributed by atoms with Crippen molar-refractivity contribution in [2.75, 3.05) is 0 Å². The molecule has 0 spiro atoms. The van der Waals surface area contributed by atoms with Gasteiger partial charge in [0.25, 0.3) is 0 Å². The Balaban J connectivity index is 0.00000361. The Labute approximate surface area is 321 Å². The van der Waals surface area contributed by atoms with Crippen LogP contribution in [0.2, 0.25) is 0 Å². The molecule has 0 saturated heterocycles. The van der Waals surface area contributed by atoms with Gasteiger partial charge in [0.15, 0.2) is 5.78 Å². The molecule has 0 N–H and O–H groups in total. The molecule has 11 rings (SSSR count). The van der Waals surface area contributed by atoms with E-state index >= 15 is 0 Å². The zero-order valence-electron chi connectivity index (χ0n) is 30.1. The zero-order valence-corrected chi connectivity index (χ0v) is 31.1. The molecule has 0 radical (unpaired) electrons. The maximum atomic E-state index is 14.6. The van der Waals surface area contributed by atoms with Gasteiger partial charge in [-0.3, -0.25) is 4.79 Å². The van der Waals surface area contributed by atoms with Crippen LogP contribution in [0.15, 0.2) is 170 Å². The van der Waals surface area contributed by atoms with E-state index in [4.69, 9.17) is 0 Å². The normalized spacial score (nSPS) is 13.4. The summed E-state index contributed by atoms with van der Waals surface area (Å²) in [6, 6.07) is 61.3. The van der Waals surface area contributed by atoms with Gasteiger partial charge in [-0.05, 0) is 122 Å². The number of carbonyl (C=O) groups excluding carboxylic acids is 1. The maximum absolute atomic E-state index is 14.6. The lowest BCUT2D eigenvalue weighted by Gasteiger charge is -2.35. The van der Waals surface area contributed by atoms with Crippen LogP contribution in [-0.4, -0.2) is 5.78 Å². The Bertz CT molecular complexity index is 2940. The van der Waals surface area contributed by atoms with E-state index in [0.717, 1.165) is 44.5 Å². The quantitative estimate of drug-likeness (QED) is 0.163. The first-order valence-electron chi connectivity index (χ1n) is 18.5. The molecule has 0 unspecified atom stereocenters. The highest BCUT2D eigenvalue weighted by Gasteiger charge is 2.37. The Morgan fingerprint density at radius 2 is 0.574 bits per heavy atom. The summed E-state index contributed by atoms with van der Waals surface area (Å²) in [6.45, 7) is 4.49. The fourth-order valence-corrected chi connectivity index (χ4v) is 9.38. The van der Waals surface area contributed by atoms with E-state index in [1.807, 2.05) is 0 Å². The summed E-state index contributed by atoms with van der Waals surface area (Å²) in [5, 5.41) is 15.0. The number of carbonyl (C=O) groups is 1. The van der Waals surface area contributed by atoms with E-state index in [2.05, 4.69) is 184 Å². The van der Waals surface area contributed by atoms with Gasteiger partial charge < -0.3 is 0 Å². The minimum atomic E-state index is -0.327. The lowest BCUT2D eigenvalue weighted by atomic mass is 9.67. The second kappa shape index (κ2) is 11.9. The van der Waals surface area contributed by atoms with Gasteiger partial charge >= 0.3 is 0 Å². The fourth-order valence-electron chi connectivity index (χ4n) is 9.38. The van der Waals surface area contributed by atoms with Gasteiger partial charge in [-0.15, -0.1) is 0 Å². The summed E-state index contributed by atoms with van der Waals surface area (Å²) >= 11 is 0. The van der Waals surface area contributed by atoms with Gasteiger partial charge in [-0.25, -0.2) is 0 Å². The monoisotopic (exact) mass is 708 g/mol. The van der Waals surface area contributed by atoms with E-state index in [1.165, 1.54) is 64.6 Å². The molecule has 0 bridgehead atoms. The van der Waals surface area contributed by atoms with E-state index in [-0.39, 0.29) is 24.7 Å². The zero-order chi connectivity index (χ0) is 35.4. The fraction of sp³-hybridized carbons (Fsp3) is 0.0577. The lowest BCUT2D eigenvalue weighted by molar-refractivity contribution is 0.103. The van der Waals surface area contributed by atoms with Crippen LogP contribution >= 0.6 is 13.5 Å². The average Bonchev–Trinajstić information content (AvgIpc) is 3.22. The third kappa shape index (κ3) is 4.57. The van der Waals surface area contributed by atoms with Crippen molar-refractivity contribution < 1.29 is 4.79 Å². The molecule has 0 aliphatic heterocycles. The topological polar surface area (TPSA) is 17.1 Å². The lowest BCUT2D eigenvalue weighted by Crippen LogP contribution is -2.30. The summed E-state index contributed by atoms with van der Waals surface area (Å²) in [5.74, 6) is 0.0903. The van der Waals surface area contributed by atoms with Crippen molar-refractivity contribution in [3.63, 3.8) is 0 Å². The van der Waals surface area contributed by atoms with E-state index in [9.17, 15) is 4.79 Å². The Morgan fingerprint density at radius 3 is 0.907 bits per heavy atom. The second-order valence-electron chi connectivity index (χ2n) is 15.2. The molecule has 0 saturated carbocycles. The Kier molecular flexibility index (Phi) is 7.15. The first-order valence-corrected chi connectivity index (χ1v) is 18.5. The first-order chi connectivity index (χ1) is 26.0. The van der Waals surface area contributed by atoms with Crippen molar-refractivity contribution >= 4 is 83.9 Å². The molecule has 0 aromatic heterocycles. The SMILES string of the molecule is CC1(C)c2ccc(-c3ccc4c5ccccc5c5ccccc5c4c3)cc2C(=O)c2cc(-c3ccc4c5ccccc5c5ccccc5c4c3)ccc21.S. The van der Waals surface area contributed by atoms with Crippen LogP contribution in [0.5, 0.6) is 0 Å². The number of ketones is 1. The highest BCUT2D eigenvalue weighted by molar-refractivity contribution is 7.59. The van der Waals surface area contributed by atoms with Crippen LogP contribution in [0.4, 0.5) is 0 Å². The predicted octanol–water partition coefficient (Wildman–Crippen LogP) is 13.9. The number of rotatable bonds is 2. The van der Waals surface area contributed by atoms with Crippen LogP contribution in [0.1, 0.15) is 40.9 Å². The van der Waals surface area contributed by atoms with Gasteiger partial charge in [0.2, 0.25) is 0 Å². The summed E-state index contributed by atoms with van der Waals surface area (Å²) in [7, 11) is 0. The van der Waals surface area contributed by atoms with Crippen molar-refractivity contribution in [3.8, 4) is 22.3 Å². The van der Waals surface area contributed by atoms with Gasteiger partial charge in [0.05, 0.1) is 0 Å². The molecule has 54 heavy (non-hydrogen) atoms. The largest absolute Gasteiger partial charge is 0.289 e. The average molecular weight is 709 g/mol. The molecule has 1 aliphatic carbocycles. The van der Waals surface area contributed by atoms with Crippen molar-refractivity contribution in [3.05, 3.63) is 192 Å². The third-order valence-electron chi connectivity index (χ3n) is 12.0. The van der Waals surface area contributed by atoms with Crippen LogP contribution < -0.4 is 0 Å². The van der Waals surface area contributed by atoms with Gasteiger partial charge in [-0.2, -0.15) is 13.5 Å². The van der Waals surface area contributed by atoms with Crippen molar-refractivity contribution in [2.24, 2.45) is 0 Å². The van der Waals surface area contributed by atoms with E-state index < -0.39 is 0 Å². The molecule has 0 fully saturated rings. The highest BCUT2D eigenvalue weighted by Crippen LogP contribution is 2.45. The van der Waals surface area contributed by atoms with Gasteiger partial charge in [0, 0.05) is 16.5 Å². The number of fused-ring (bicyclic) bond motifs is 14. The molecule has 0 heterocycles. The summed E-state index contributed by atoms with van der Waals surface area (Å²) in [4.78, 5) is 14.6. The molecule has 256 valence electrons. The molecular weight excluding hydrogens is 673 g/mol. The molecule has 10 aromatic rings. The molecule has 1 aliphatic rings. The Morgan fingerprint density at radius 1 is 0.315 bits per heavy atom. The van der Waals surface area contributed by atoms with E-state index in [0.29, 0.717) is 0 Å². The third-order valence-corrected chi connectivity index (χ3v) is 12.0. The molecule has 0 atom stereocenters. The van der Waals surface area contributed by atoms with Crippen molar-refractivity contribution in [2.45, 2.75) is 19.3 Å². The van der Waals surface area contributed by atoms with Crippen LogP contribution in [0.3, 0.4) is 0 Å². The first kappa shape index (κ1) is 32.4. The highest BCUT2D eigenvalue weighted by atomic mass is 32.1. The minimum absolute atomic E-state index is 0. The molecule has 10 aromatic carbocycles. The van der Waals surface area contributed by atoms with Gasteiger partial charge in [-0.1, -0.05) is 159 Å². The van der Waals surface area contributed by atoms with Crippen molar-refractivity contribution in [1.82, 2.24) is 0 Å². The number of hydrogen-bond acceptors (Lipinski definition) is 1. The smallest absolute Gasteiger partial charge is 0.193 e. The summed E-state index contributed by atoms with van der Waals surface area (Å²) in [6.07, 6.45) is 0. The second-order valence-corrected chi connectivity index (χ2v) is 15.2. The molecule has 1 nitrogen and oxygen atoms in total. The van der Waals surface area contributed by atoms with Crippen LogP contribution in [0.25, 0.3) is 86.9 Å². The molecule has 2 heteroatoms. The summed E-state index contributed by atoms with van der Waals surface area (Å²) < 4.78 is 0. The number of hydrogen-bond donors (Lipinski definition) is 0. The minimum Gasteiger partial charge on any atom is -0.289 e. The number of benzene rings is 10. The van der Waals surface area contributed by atoms with Crippen LogP contribution in [-0.2, 0) is 5.41 Å². The van der Waals surface area contributed by atoms with Gasteiger partial charge in [0.1, 0.15) is 0 Å². The Hall–Kier alpha value is -6.22. The van der Waals surface area contributed by atoms with E-state index in [1.54, 1.807) is 0 Å². The molecule has 0 amide bonds. The van der Waals surface area contributed by atoms with Crippen LogP contribution in [0, 0.1) is 0 Å².